The number of halogens is 4. The molecule has 20 heavy (non-hydrogen) atoms. The maximum atomic E-state index is 10.5. The number of aromatic nitrogens is 6. The Balaban J connectivity index is 0. The molecule has 0 saturated heterocycles. The SMILES string of the molecule is C.C.Clc1nnc(Cl)c(Cl)n1.O=c1[nH]nc(Br)c(=O)[nH]1. The maximum absolute atomic E-state index is 10.5. The van der Waals surface area contributed by atoms with Crippen LogP contribution in [0.1, 0.15) is 14.9 Å². The lowest BCUT2D eigenvalue weighted by molar-refractivity contribution is 0.868. The Kier molecular flexibility index (Phi) is 10.4. The van der Waals surface area contributed by atoms with Crippen molar-refractivity contribution >= 4 is 50.7 Å². The Morgan fingerprint density at radius 3 is 2.00 bits per heavy atom. The van der Waals surface area contributed by atoms with E-state index in [0.717, 1.165) is 0 Å². The van der Waals surface area contributed by atoms with E-state index in [9.17, 15) is 9.59 Å². The van der Waals surface area contributed by atoms with Crippen LogP contribution in [-0.2, 0) is 0 Å². The van der Waals surface area contributed by atoms with Crippen LogP contribution in [0.15, 0.2) is 14.2 Å². The number of aromatic amines is 2. The molecule has 2 aromatic rings. The first-order valence-corrected chi connectivity index (χ1v) is 5.88. The van der Waals surface area contributed by atoms with Gasteiger partial charge in [0.2, 0.25) is 5.28 Å². The third kappa shape index (κ3) is 6.94. The molecule has 2 heterocycles. The molecule has 8 nitrogen and oxygen atoms in total. The first-order chi connectivity index (χ1) is 8.40. The van der Waals surface area contributed by atoms with Gasteiger partial charge in [0.05, 0.1) is 0 Å². The summed E-state index contributed by atoms with van der Waals surface area (Å²) in [6.45, 7) is 0. The second-order valence-electron chi connectivity index (χ2n) is 2.46. The molecular formula is C8H10BrCl3N6O2. The molecule has 12 heteroatoms. The Hall–Kier alpha value is -1.03. The molecule has 0 atom stereocenters. The topological polar surface area (TPSA) is 117 Å². The molecule has 0 aliphatic heterocycles. The highest BCUT2D eigenvalue weighted by molar-refractivity contribution is 9.10. The number of hydrogen-bond acceptors (Lipinski definition) is 6. The monoisotopic (exact) mass is 406 g/mol. The molecule has 0 bridgehead atoms. The maximum Gasteiger partial charge on any atom is 0.342 e. The molecule has 0 saturated carbocycles. The summed E-state index contributed by atoms with van der Waals surface area (Å²) >= 11 is 18.8. The van der Waals surface area contributed by atoms with Gasteiger partial charge in [-0.3, -0.25) is 9.78 Å². The van der Waals surface area contributed by atoms with Crippen molar-refractivity contribution in [3.05, 3.63) is 41.0 Å². The van der Waals surface area contributed by atoms with Crippen molar-refractivity contribution in [3.8, 4) is 0 Å². The molecule has 0 aromatic carbocycles. The molecule has 2 aromatic heterocycles. The average molecular weight is 408 g/mol. The minimum absolute atomic E-state index is 0. The number of hydrogen-bond donors (Lipinski definition) is 2. The molecule has 2 rings (SSSR count). The second-order valence-corrected chi connectivity index (χ2v) is 4.27. The lowest BCUT2D eigenvalue weighted by atomic mass is 10.9. The van der Waals surface area contributed by atoms with Crippen LogP contribution < -0.4 is 11.2 Å². The first-order valence-electron chi connectivity index (χ1n) is 3.96. The highest BCUT2D eigenvalue weighted by atomic mass is 79.9. The Morgan fingerprint density at radius 2 is 1.60 bits per heavy atom. The summed E-state index contributed by atoms with van der Waals surface area (Å²) in [5.41, 5.74) is -1.14. The zero-order valence-electron chi connectivity index (χ0n) is 8.12. The van der Waals surface area contributed by atoms with Gasteiger partial charge in [-0.05, 0) is 27.5 Å². The summed E-state index contributed by atoms with van der Waals surface area (Å²) in [6.07, 6.45) is 0. The summed E-state index contributed by atoms with van der Waals surface area (Å²) in [5.74, 6) is 0. The quantitative estimate of drug-likeness (QED) is 0.691. The van der Waals surface area contributed by atoms with Crippen molar-refractivity contribution in [1.82, 2.24) is 30.4 Å². The summed E-state index contributed by atoms with van der Waals surface area (Å²) < 4.78 is 0.0714. The Bertz CT molecular complexity index is 661. The molecule has 2 N–H and O–H groups in total. The first kappa shape index (κ1) is 21.3. The highest BCUT2D eigenvalue weighted by Crippen LogP contribution is 2.15. The summed E-state index contributed by atoms with van der Waals surface area (Å²) in [4.78, 5) is 26.2. The summed E-state index contributed by atoms with van der Waals surface area (Å²) in [5, 5.41) is 12.2. The molecule has 0 spiro atoms. The minimum Gasteiger partial charge on any atom is -0.271 e. The van der Waals surface area contributed by atoms with Crippen LogP contribution in [0.2, 0.25) is 15.6 Å². The van der Waals surface area contributed by atoms with Gasteiger partial charge in [-0.25, -0.2) is 14.9 Å². The number of H-pyrrole nitrogens is 2. The van der Waals surface area contributed by atoms with Gasteiger partial charge in [0.1, 0.15) is 0 Å². The van der Waals surface area contributed by atoms with Gasteiger partial charge in [0, 0.05) is 0 Å². The van der Waals surface area contributed by atoms with Gasteiger partial charge in [0.15, 0.2) is 14.9 Å². The third-order valence-corrected chi connectivity index (χ3v) is 2.56. The van der Waals surface area contributed by atoms with E-state index in [2.05, 4.69) is 36.2 Å². The fourth-order valence-corrected chi connectivity index (χ4v) is 1.16. The largest absolute Gasteiger partial charge is 0.342 e. The Morgan fingerprint density at radius 1 is 1.00 bits per heavy atom. The van der Waals surface area contributed by atoms with E-state index in [1.807, 2.05) is 10.1 Å². The van der Waals surface area contributed by atoms with E-state index >= 15 is 0 Å². The molecule has 0 aliphatic rings. The van der Waals surface area contributed by atoms with Gasteiger partial charge in [0.25, 0.3) is 5.56 Å². The molecule has 0 unspecified atom stereocenters. The fourth-order valence-electron chi connectivity index (χ4n) is 0.609. The van der Waals surface area contributed by atoms with Crippen LogP contribution in [0.3, 0.4) is 0 Å². The average Bonchev–Trinajstić information content (AvgIpc) is 2.30. The van der Waals surface area contributed by atoms with E-state index in [0.29, 0.717) is 0 Å². The van der Waals surface area contributed by atoms with Crippen molar-refractivity contribution in [1.29, 1.82) is 0 Å². The fraction of sp³-hybridized carbons (Fsp3) is 0.250. The van der Waals surface area contributed by atoms with E-state index in [-0.39, 0.29) is 35.0 Å². The van der Waals surface area contributed by atoms with Crippen molar-refractivity contribution in [2.24, 2.45) is 0 Å². The lowest BCUT2D eigenvalue weighted by Crippen LogP contribution is -2.23. The second kappa shape index (κ2) is 9.81. The summed E-state index contributed by atoms with van der Waals surface area (Å²) in [6, 6.07) is 0. The minimum atomic E-state index is -0.608. The normalized spacial score (nSPS) is 8.60. The number of nitrogens with one attached hydrogen (secondary N) is 2. The summed E-state index contributed by atoms with van der Waals surface area (Å²) in [7, 11) is 0. The molecule has 0 amide bonds. The van der Waals surface area contributed by atoms with Crippen molar-refractivity contribution in [2.75, 3.05) is 0 Å². The predicted molar refractivity (Wildman–Crippen MR) is 81.5 cm³/mol. The van der Waals surface area contributed by atoms with Gasteiger partial charge in [-0.15, -0.1) is 10.2 Å². The number of rotatable bonds is 0. The van der Waals surface area contributed by atoms with Crippen molar-refractivity contribution < 1.29 is 0 Å². The lowest BCUT2D eigenvalue weighted by Gasteiger charge is -1.89. The van der Waals surface area contributed by atoms with Crippen LogP contribution in [0.25, 0.3) is 0 Å². The predicted octanol–water partition coefficient (Wildman–Crippen LogP) is 2.32. The molecule has 112 valence electrons. The van der Waals surface area contributed by atoms with E-state index in [1.165, 1.54) is 0 Å². The molecule has 0 aliphatic carbocycles. The van der Waals surface area contributed by atoms with Crippen LogP contribution in [0, 0.1) is 0 Å². The molecule has 0 fully saturated rings. The van der Waals surface area contributed by atoms with E-state index in [4.69, 9.17) is 34.8 Å². The smallest absolute Gasteiger partial charge is 0.271 e. The van der Waals surface area contributed by atoms with Crippen LogP contribution in [-0.4, -0.2) is 30.4 Å². The van der Waals surface area contributed by atoms with Crippen LogP contribution in [0.5, 0.6) is 0 Å². The van der Waals surface area contributed by atoms with E-state index in [1.54, 1.807) is 0 Å². The number of nitrogens with zero attached hydrogens (tertiary/aromatic N) is 4. The van der Waals surface area contributed by atoms with Gasteiger partial charge >= 0.3 is 5.69 Å². The molecule has 0 radical (unpaired) electrons. The van der Waals surface area contributed by atoms with Gasteiger partial charge in [-0.1, -0.05) is 38.1 Å². The molecular weight excluding hydrogens is 398 g/mol. The van der Waals surface area contributed by atoms with Gasteiger partial charge in [-0.2, -0.15) is 5.10 Å². The third-order valence-electron chi connectivity index (χ3n) is 1.25. The van der Waals surface area contributed by atoms with Gasteiger partial charge < -0.3 is 0 Å². The highest BCUT2D eigenvalue weighted by Gasteiger charge is 2.00. The Labute approximate surface area is 137 Å². The zero-order chi connectivity index (χ0) is 13.7. The van der Waals surface area contributed by atoms with E-state index < -0.39 is 11.2 Å². The standard InChI is InChI=1S/C3H2BrN3O2.C3Cl3N3.2CH4/c4-1-2(8)5-3(9)7-6-1;4-1-2(5)8-9-3(6)7-1;;/h(H2,5,7,8,9);;2*1H4. The van der Waals surface area contributed by atoms with Crippen molar-refractivity contribution in [3.63, 3.8) is 0 Å². The van der Waals surface area contributed by atoms with Crippen molar-refractivity contribution in [2.45, 2.75) is 14.9 Å². The van der Waals surface area contributed by atoms with Crippen LogP contribution in [0.4, 0.5) is 0 Å². The zero-order valence-corrected chi connectivity index (χ0v) is 12.0. The van der Waals surface area contributed by atoms with Crippen LogP contribution >= 0.6 is 50.7 Å².